The molecule has 1 saturated heterocycles. The fourth-order valence-corrected chi connectivity index (χ4v) is 7.31. The monoisotopic (exact) mass is 497 g/mol. The summed E-state index contributed by atoms with van der Waals surface area (Å²) >= 11 is 0. The van der Waals surface area contributed by atoms with Gasteiger partial charge in [0.25, 0.3) is 5.91 Å². The molecule has 0 bridgehead atoms. The van der Waals surface area contributed by atoms with Crippen molar-refractivity contribution in [3.63, 3.8) is 0 Å². The van der Waals surface area contributed by atoms with Crippen molar-refractivity contribution in [2.75, 3.05) is 18.4 Å². The molecule has 1 amide bonds. The lowest BCUT2D eigenvalue weighted by Gasteiger charge is -2.38. The van der Waals surface area contributed by atoms with Crippen molar-refractivity contribution in [1.82, 2.24) is 9.62 Å². The molecule has 0 spiro atoms. The minimum atomic E-state index is -3.67. The summed E-state index contributed by atoms with van der Waals surface area (Å²) < 4.78 is 29.6. The average Bonchev–Trinajstić information content (AvgIpc) is 3.37. The molecule has 35 heavy (non-hydrogen) atoms. The van der Waals surface area contributed by atoms with Crippen LogP contribution in [0.15, 0.2) is 41.3 Å². The number of likely N-dealkylation sites (tertiary alicyclic amines) is 1. The first-order valence-electron chi connectivity index (χ1n) is 12.9. The van der Waals surface area contributed by atoms with Crippen LogP contribution in [-0.4, -0.2) is 44.4 Å². The van der Waals surface area contributed by atoms with Crippen LogP contribution in [0.25, 0.3) is 0 Å². The number of sulfonamides is 1. The highest BCUT2D eigenvalue weighted by atomic mass is 32.2. The summed E-state index contributed by atoms with van der Waals surface area (Å²) in [6, 6.07) is 11.3. The molecular weight excluding hydrogens is 458 g/mol. The van der Waals surface area contributed by atoms with Crippen LogP contribution in [0.3, 0.4) is 0 Å². The van der Waals surface area contributed by atoms with Gasteiger partial charge in [-0.05, 0) is 107 Å². The van der Waals surface area contributed by atoms with Crippen molar-refractivity contribution in [1.29, 1.82) is 0 Å². The third kappa shape index (κ3) is 5.79. The Morgan fingerprint density at radius 2 is 1.60 bits per heavy atom. The van der Waals surface area contributed by atoms with Crippen LogP contribution < -0.4 is 10.0 Å². The highest BCUT2D eigenvalue weighted by molar-refractivity contribution is 7.89. The maximum atomic E-state index is 13.3. The maximum Gasteiger partial charge on any atom is 0.255 e. The number of nitrogens with one attached hydrogen (secondary N) is 2. The van der Waals surface area contributed by atoms with Gasteiger partial charge in [0.15, 0.2) is 0 Å². The average molecular weight is 498 g/mol. The van der Waals surface area contributed by atoms with Gasteiger partial charge in [0.2, 0.25) is 10.0 Å². The second kappa shape index (κ2) is 10.8. The summed E-state index contributed by atoms with van der Waals surface area (Å²) in [5, 5.41) is 2.95. The molecule has 1 saturated carbocycles. The highest BCUT2D eigenvalue weighted by Gasteiger charge is 2.31. The van der Waals surface area contributed by atoms with Crippen LogP contribution in [0.4, 0.5) is 5.69 Å². The third-order valence-corrected chi connectivity index (χ3v) is 9.83. The first-order valence-corrected chi connectivity index (χ1v) is 14.4. The predicted octanol–water partition coefficient (Wildman–Crippen LogP) is 5.19. The van der Waals surface area contributed by atoms with Gasteiger partial charge in [-0.25, -0.2) is 13.1 Å². The number of benzene rings is 2. The molecule has 1 aliphatic heterocycles. The number of rotatable bonds is 7. The van der Waals surface area contributed by atoms with Crippen LogP contribution in [0.5, 0.6) is 0 Å². The molecule has 190 valence electrons. The zero-order valence-corrected chi connectivity index (χ0v) is 22.2. The standard InChI is InChI=1S/C28H39N3O3S/c1-19-9-5-8-12-25(19)28(32)29-26-13-14-27(21(3)20(26)2)35(33,34)30-22(4)23-15-17-31(18-16-23)24-10-6-7-11-24/h5,8-9,12-14,22-24,30H,6-7,10-11,15-18H2,1-4H3,(H,29,32)/t22-/m1/s1. The molecule has 0 aromatic heterocycles. The van der Waals surface area contributed by atoms with Gasteiger partial charge < -0.3 is 10.2 Å². The molecule has 2 N–H and O–H groups in total. The van der Waals surface area contributed by atoms with Crippen molar-refractivity contribution in [2.24, 2.45) is 5.92 Å². The third-order valence-electron chi connectivity index (χ3n) is 8.13. The number of hydrogen-bond acceptors (Lipinski definition) is 4. The molecule has 0 unspecified atom stereocenters. The van der Waals surface area contributed by atoms with E-state index in [0.29, 0.717) is 22.7 Å². The van der Waals surface area contributed by atoms with E-state index in [-0.39, 0.29) is 16.8 Å². The summed E-state index contributed by atoms with van der Waals surface area (Å²) in [4.78, 5) is 15.7. The van der Waals surface area contributed by atoms with Gasteiger partial charge in [-0.1, -0.05) is 31.0 Å². The molecular formula is C28H39N3O3S. The summed E-state index contributed by atoms with van der Waals surface area (Å²) in [6.07, 6.45) is 7.37. The molecule has 4 rings (SSSR count). The van der Waals surface area contributed by atoms with Gasteiger partial charge >= 0.3 is 0 Å². The number of piperidine rings is 1. The van der Waals surface area contributed by atoms with Crippen molar-refractivity contribution >= 4 is 21.6 Å². The number of amides is 1. The van der Waals surface area contributed by atoms with E-state index < -0.39 is 10.0 Å². The lowest BCUT2D eigenvalue weighted by atomic mass is 9.90. The Labute approximate surface area is 210 Å². The van der Waals surface area contributed by atoms with Crippen LogP contribution in [0, 0.1) is 26.7 Å². The number of carbonyl (C=O) groups is 1. The molecule has 1 atom stereocenters. The van der Waals surface area contributed by atoms with E-state index in [0.717, 1.165) is 43.1 Å². The largest absolute Gasteiger partial charge is 0.322 e. The van der Waals surface area contributed by atoms with Crippen molar-refractivity contribution in [3.8, 4) is 0 Å². The smallest absolute Gasteiger partial charge is 0.255 e. The van der Waals surface area contributed by atoms with Gasteiger partial charge in [-0.15, -0.1) is 0 Å². The number of carbonyl (C=O) groups excluding carboxylic acids is 1. The fourth-order valence-electron chi connectivity index (χ4n) is 5.70. The van der Waals surface area contributed by atoms with Gasteiger partial charge in [-0.2, -0.15) is 0 Å². The molecule has 2 aromatic carbocycles. The number of nitrogens with zero attached hydrogens (tertiary/aromatic N) is 1. The van der Waals surface area contributed by atoms with E-state index in [4.69, 9.17) is 0 Å². The zero-order valence-electron chi connectivity index (χ0n) is 21.4. The number of aryl methyl sites for hydroxylation is 1. The molecule has 6 nitrogen and oxygen atoms in total. The van der Waals surface area contributed by atoms with Crippen molar-refractivity contribution in [2.45, 2.75) is 83.2 Å². The SMILES string of the molecule is Cc1ccccc1C(=O)Nc1ccc(S(=O)(=O)N[C@H](C)C2CCN(C3CCCC3)CC2)c(C)c1C. The Hall–Kier alpha value is -2.22. The van der Waals surface area contributed by atoms with E-state index >= 15 is 0 Å². The summed E-state index contributed by atoms with van der Waals surface area (Å²) in [7, 11) is -3.67. The highest BCUT2D eigenvalue weighted by Crippen LogP contribution is 2.30. The predicted molar refractivity (Wildman–Crippen MR) is 141 cm³/mol. The molecule has 2 fully saturated rings. The first-order chi connectivity index (χ1) is 16.7. The van der Waals surface area contributed by atoms with Crippen molar-refractivity contribution < 1.29 is 13.2 Å². The number of anilines is 1. The summed E-state index contributed by atoms with van der Waals surface area (Å²) in [5.41, 5.74) is 3.54. The summed E-state index contributed by atoms with van der Waals surface area (Å²) in [6.45, 7) is 9.67. The van der Waals surface area contributed by atoms with Gasteiger partial charge in [0, 0.05) is 23.3 Å². The Balaban J connectivity index is 1.42. The topological polar surface area (TPSA) is 78.5 Å². The Morgan fingerprint density at radius 3 is 2.26 bits per heavy atom. The van der Waals surface area contributed by atoms with E-state index in [1.807, 2.05) is 39.0 Å². The van der Waals surface area contributed by atoms with E-state index in [1.165, 1.54) is 25.7 Å². The van der Waals surface area contributed by atoms with Crippen LogP contribution in [0.1, 0.15) is 72.5 Å². The fraction of sp³-hybridized carbons (Fsp3) is 0.536. The van der Waals surface area contributed by atoms with Gasteiger partial charge in [-0.3, -0.25) is 4.79 Å². The second-order valence-corrected chi connectivity index (χ2v) is 12.0. The molecule has 1 aliphatic carbocycles. The quantitative estimate of drug-likeness (QED) is 0.552. The van der Waals surface area contributed by atoms with Crippen LogP contribution in [0.2, 0.25) is 0 Å². The lowest BCUT2D eigenvalue weighted by Crippen LogP contribution is -2.46. The van der Waals surface area contributed by atoms with E-state index in [2.05, 4.69) is 14.9 Å². The van der Waals surface area contributed by atoms with E-state index in [9.17, 15) is 13.2 Å². The number of hydrogen-bond donors (Lipinski definition) is 2. The normalized spacial score (nSPS) is 19.1. The molecule has 7 heteroatoms. The second-order valence-electron chi connectivity index (χ2n) is 10.4. The molecule has 0 radical (unpaired) electrons. The van der Waals surface area contributed by atoms with Crippen LogP contribution >= 0.6 is 0 Å². The minimum Gasteiger partial charge on any atom is -0.322 e. The molecule has 2 aromatic rings. The minimum absolute atomic E-state index is 0.120. The Kier molecular flexibility index (Phi) is 7.99. The van der Waals surface area contributed by atoms with E-state index in [1.54, 1.807) is 25.1 Å². The molecule has 2 aliphatic rings. The van der Waals surface area contributed by atoms with Crippen LogP contribution in [-0.2, 0) is 10.0 Å². The lowest BCUT2D eigenvalue weighted by molar-refractivity contribution is 0.102. The zero-order chi connectivity index (χ0) is 25.2. The Morgan fingerprint density at radius 1 is 0.943 bits per heavy atom. The maximum absolute atomic E-state index is 13.3. The van der Waals surface area contributed by atoms with Crippen molar-refractivity contribution in [3.05, 3.63) is 58.7 Å². The van der Waals surface area contributed by atoms with Gasteiger partial charge in [0.05, 0.1) is 4.90 Å². The first kappa shape index (κ1) is 25.9. The molecule has 1 heterocycles. The summed E-state index contributed by atoms with van der Waals surface area (Å²) in [5.74, 6) is 0.147. The van der Waals surface area contributed by atoms with Gasteiger partial charge in [0.1, 0.15) is 0 Å². The Bertz CT molecular complexity index is 1160.